The van der Waals surface area contributed by atoms with Crippen molar-refractivity contribution in [3.63, 3.8) is 0 Å². The van der Waals surface area contributed by atoms with Gasteiger partial charge in [-0.1, -0.05) is 0 Å². The number of aromatic nitrogens is 2. The second kappa shape index (κ2) is 2.09. The summed E-state index contributed by atoms with van der Waals surface area (Å²) in [5, 5.41) is 3.35. The van der Waals surface area contributed by atoms with Crippen molar-refractivity contribution in [3.8, 4) is 0 Å². The minimum atomic E-state index is 0.579. The molecule has 0 radical (unpaired) electrons. The monoisotopic (exact) mass is 137 g/mol. The van der Waals surface area contributed by atoms with Gasteiger partial charge in [0.2, 0.25) is 0 Å². The Hall–Kier alpha value is -0.830. The van der Waals surface area contributed by atoms with Crippen LogP contribution in [0.1, 0.15) is 18.3 Å². The second-order valence-electron chi connectivity index (χ2n) is 2.81. The van der Waals surface area contributed by atoms with E-state index in [0.29, 0.717) is 6.04 Å². The molecule has 3 nitrogen and oxygen atoms in total. The lowest BCUT2D eigenvalue weighted by Gasteiger charge is -2.18. The Kier molecular flexibility index (Phi) is 1.24. The number of fused-ring (bicyclic) bond motifs is 1. The fourth-order valence-electron chi connectivity index (χ4n) is 1.32. The van der Waals surface area contributed by atoms with E-state index in [2.05, 4.69) is 22.2 Å². The van der Waals surface area contributed by atoms with Gasteiger partial charge in [-0.05, 0) is 6.92 Å². The van der Waals surface area contributed by atoms with Gasteiger partial charge in [0.25, 0.3) is 0 Å². The molecule has 0 unspecified atom stereocenters. The highest BCUT2D eigenvalue weighted by atomic mass is 15.0. The number of rotatable bonds is 0. The molecule has 0 aliphatic carbocycles. The van der Waals surface area contributed by atoms with Crippen LogP contribution < -0.4 is 5.32 Å². The summed E-state index contributed by atoms with van der Waals surface area (Å²) in [5.41, 5.74) is 2.48. The minimum absolute atomic E-state index is 0.579. The molecule has 1 aliphatic heterocycles. The van der Waals surface area contributed by atoms with Crippen molar-refractivity contribution in [2.45, 2.75) is 25.9 Å². The van der Waals surface area contributed by atoms with Crippen molar-refractivity contribution in [3.05, 3.63) is 17.7 Å². The highest BCUT2D eigenvalue weighted by Gasteiger charge is 2.15. The number of nitrogens with one attached hydrogen (secondary N) is 2. The van der Waals surface area contributed by atoms with Gasteiger partial charge in [0.1, 0.15) is 0 Å². The molecule has 0 saturated heterocycles. The largest absolute Gasteiger partial charge is 0.347 e. The molecule has 2 N–H and O–H groups in total. The van der Waals surface area contributed by atoms with Crippen LogP contribution in [0.2, 0.25) is 0 Å². The summed E-state index contributed by atoms with van der Waals surface area (Å²) in [7, 11) is 0. The van der Waals surface area contributed by atoms with Crippen molar-refractivity contribution in [2.24, 2.45) is 0 Å². The SMILES string of the molecule is C[C@H]1Cc2nc[nH]c2CN1. The molecule has 3 heteroatoms. The third kappa shape index (κ3) is 0.827. The molecule has 10 heavy (non-hydrogen) atoms. The van der Waals surface area contributed by atoms with E-state index in [1.165, 1.54) is 11.4 Å². The first-order valence-electron chi connectivity index (χ1n) is 3.61. The molecule has 1 aliphatic rings. The van der Waals surface area contributed by atoms with Gasteiger partial charge in [-0.3, -0.25) is 0 Å². The maximum Gasteiger partial charge on any atom is 0.0925 e. The molecular formula is C7H11N3. The normalized spacial score (nSPS) is 24.3. The lowest BCUT2D eigenvalue weighted by molar-refractivity contribution is 0.503. The first-order valence-corrected chi connectivity index (χ1v) is 3.61. The van der Waals surface area contributed by atoms with Crippen molar-refractivity contribution in [1.82, 2.24) is 15.3 Å². The maximum absolute atomic E-state index is 4.21. The summed E-state index contributed by atoms with van der Waals surface area (Å²) in [6, 6.07) is 0.579. The topological polar surface area (TPSA) is 40.7 Å². The first-order chi connectivity index (χ1) is 4.86. The zero-order chi connectivity index (χ0) is 6.97. The molecule has 1 aromatic rings. The number of hydrogen-bond acceptors (Lipinski definition) is 2. The molecule has 2 rings (SSSR count). The van der Waals surface area contributed by atoms with Crippen LogP contribution in [0.4, 0.5) is 0 Å². The number of hydrogen-bond donors (Lipinski definition) is 2. The fourth-order valence-corrected chi connectivity index (χ4v) is 1.32. The molecule has 0 amide bonds. The van der Waals surface area contributed by atoms with E-state index in [1.54, 1.807) is 6.33 Å². The van der Waals surface area contributed by atoms with Crippen molar-refractivity contribution < 1.29 is 0 Å². The van der Waals surface area contributed by atoms with Gasteiger partial charge in [-0.2, -0.15) is 0 Å². The molecule has 0 spiro atoms. The Morgan fingerprint density at radius 3 is 3.50 bits per heavy atom. The minimum Gasteiger partial charge on any atom is -0.347 e. The van der Waals surface area contributed by atoms with Crippen LogP contribution in [0.3, 0.4) is 0 Å². The van der Waals surface area contributed by atoms with Gasteiger partial charge in [0.05, 0.1) is 17.7 Å². The summed E-state index contributed by atoms with van der Waals surface area (Å²) < 4.78 is 0. The van der Waals surface area contributed by atoms with Crippen molar-refractivity contribution >= 4 is 0 Å². The van der Waals surface area contributed by atoms with Gasteiger partial charge < -0.3 is 10.3 Å². The molecule has 0 fully saturated rings. The summed E-state index contributed by atoms with van der Waals surface area (Å²) in [6.07, 6.45) is 2.82. The van der Waals surface area contributed by atoms with Gasteiger partial charge in [-0.15, -0.1) is 0 Å². The Morgan fingerprint density at radius 2 is 2.60 bits per heavy atom. The summed E-state index contributed by atoms with van der Waals surface area (Å²) in [6.45, 7) is 3.12. The summed E-state index contributed by atoms with van der Waals surface area (Å²) in [5.74, 6) is 0. The van der Waals surface area contributed by atoms with Crippen LogP contribution in [0.5, 0.6) is 0 Å². The molecule has 0 saturated carbocycles. The average Bonchev–Trinajstić information content (AvgIpc) is 2.33. The lowest BCUT2D eigenvalue weighted by Crippen LogP contribution is -2.32. The Labute approximate surface area is 59.9 Å². The number of H-pyrrole nitrogens is 1. The van der Waals surface area contributed by atoms with Gasteiger partial charge in [0, 0.05) is 19.0 Å². The second-order valence-corrected chi connectivity index (χ2v) is 2.81. The van der Waals surface area contributed by atoms with E-state index in [1.807, 2.05) is 0 Å². The zero-order valence-corrected chi connectivity index (χ0v) is 6.02. The third-order valence-corrected chi connectivity index (χ3v) is 1.93. The van der Waals surface area contributed by atoms with Crippen LogP contribution >= 0.6 is 0 Å². The Balaban J connectivity index is 2.30. The fraction of sp³-hybridized carbons (Fsp3) is 0.571. The molecule has 1 atom stereocenters. The van der Waals surface area contributed by atoms with E-state index in [-0.39, 0.29) is 0 Å². The quantitative estimate of drug-likeness (QED) is 0.545. The van der Waals surface area contributed by atoms with E-state index in [9.17, 15) is 0 Å². The van der Waals surface area contributed by atoms with Crippen LogP contribution in [0, 0.1) is 0 Å². The predicted octanol–water partition coefficient (Wildman–Crippen LogP) is 0.444. The van der Waals surface area contributed by atoms with E-state index >= 15 is 0 Å². The Morgan fingerprint density at radius 1 is 1.70 bits per heavy atom. The zero-order valence-electron chi connectivity index (χ0n) is 6.02. The van der Waals surface area contributed by atoms with Crippen molar-refractivity contribution in [2.75, 3.05) is 0 Å². The molecule has 0 bridgehead atoms. The Bertz CT molecular complexity index is 229. The highest BCUT2D eigenvalue weighted by molar-refractivity contribution is 5.15. The van der Waals surface area contributed by atoms with E-state index in [4.69, 9.17) is 0 Å². The number of imidazole rings is 1. The van der Waals surface area contributed by atoms with E-state index in [0.717, 1.165) is 13.0 Å². The van der Waals surface area contributed by atoms with E-state index < -0.39 is 0 Å². The summed E-state index contributed by atoms with van der Waals surface area (Å²) in [4.78, 5) is 7.32. The third-order valence-electron chi connectivity index (χ3n) is 1.93. The maximum atomic E-state index is 4.21. The molecular weight excluding hydrogens is 126 g/mol. The number of aromatic amines is 1. The summed E-state index contributed by atoms with van der Waals surface area (Å²) >= 11 is 0. The van der Waals surface area contributed by atoms with Gasteiger partial charge in [0.15, 0.2) is 0 Å². The van der Waals surface area contributed by atoms with Crippen LogP contribution in [-0.2, 0) is 13.0 Å². The highest BCUT2D eigenvalue weighted by Crippen LogP contribution is 2.10. The average molecular weight is 137 g/mol. The van der Waals surface area contributed by atoms with Crippen molar-refractivity contribution in [1.29, 1.82) is 0 Å². The standard InChI is InChI=1S/C7H11N3/c1-5-2-6-7(3-8-5)10-4-9-6/h4-5,8H,2-3H2,1H3,(H,9,10)/t5-/m0/s1. The number of nitrogens with zero attached hydrogens (tertiary/aromatic N) is 1. The van der Waals surface area contributed by atoms with Crippen LogP contribution in [-0.4, -0.2) is 16.0 Å². The molecule has 2 heterocycles. The van der Waals surface area contributed by atoms with Crippen LogP contribution in [0.25, 0.3) is 0 Å². The lowest BCUT2D eigenvalue weighted by atomic mass is 10.1. The van der Waals surface area contributed by atoms with Gasteiger partial charge in [-0.25, -0.2) is 4.98 Å². The molecule has 54 valence electrons. The van der Waals surface area contributed by atoms with Gasteiger partial charge >= 0.3 is 0 Å². The molecule has 0 aromatic carbocycles. The smallest absolute Gasteiger partial charge is 0.0925 e. The predicted molar refractivity (Wildman–Crippen MR) is 38.6 cm³/mol. The first kappa shape index (κ1) is 5.92. The van der Waals surface area contributed by atoms with Crippen LogP contribution in [0.15, 0.2) is 6.33 Å². The molecule has 1 aromatic heterocycles.